The SMILES string of the molecule is CCCCCCCCCc1ccc2oc(NCCNC(=O)O)nc2c1. The summed E-state index contributed by atoms with van der Waals surface area (Å²) in [5.74, 6) is 0. The largest absolute Gasteiger partial charge is 0.465 e. The number of amides is 1. The number of nitrogens with one attached hydrogen (secondary N) is 2. The van der Waals surface area contributed by atoms with Gasteiger partial charge in [0, 0.05) is 13.1 Å². The third kappa shape index (κ3) is 7.03. The van der Waals surface area contributed by atoms with E-state index in [-0.39, 0.29) is 0 Å². The van der Waals surface area contributed by atoms with Crippen LogP contribution in [0, 0.1) is 0 Å². The van der Waals surface area contributed by atoms with Gasteiger partial charge in [0.2, 0.25) is 0 Å². The Morgan fingerprint density at radius 1 is 1.12 bits per heavy atom. The van der Waals surface area contributed by atoms with Crippen molar-refractivity contribution in [3.63, 3.8) is 0 Å². The Balaban J connectivity index is 1.74. The van der Waals surface area contributed by atoms with E-state index < -0.39 is 6.09 Å². The Labute approximate surface area is 149 Å². The van der Waals surface area contributed by atoms with Gasteiger partial charge in [-0.1, -0.05) is 51.5 Å². The molecule has 1 heterocycles. The fourth-order valence-electron chi connectivity index (χ4n) is 2.83. The van der Waals surface area contributed by atoms with Gasteiger partial charge in [-0.3, -0.25) is 0 Å². The van der Waals surface area contributed by atoms with Gasteiger partial charge in [0.1, 0.15) is 5.52 Å². The third-order valence-electron chi connectivity index (χ3n) is 4.20. The Kier molecular flexibility index (Phi) is 8.09. The van der Waals surface area contributed by atoms with Crippen molar-refractivity contribution in [1.29, 1.82) is 0 Å². The normalized spacial score (nSPS) is 10.9. The van der Waals surface area contributed by atoms with Gasteiger partial charge >= 0.3 is 6.09 Å². The summed E-state index contributed by atoms with van der Waals surface area (Å²) >= 11 is 0. The zero-order chi connectivity index (χ0) is 17.9. The zero-order valence-electron chi connectivity index (χ0n) is 15.0. The van der Waals surface area contributed by atoms with Crippen molar-refractivity contribution in [2.24, 2.45) is 0 Å². The van der Waals surface area contributed by atoms with Crippen LogP contribution in [0.4, 0.5) is 10.8 Å². The van der Waals surface area contributed by atoms with Crippen LogP contribution >= 0.6 is 0 Å². The number of hydrogen-bond donors (Lipinski definition) is 3. The molecule has 2 aromatic rings. The van der Waals surface area contributed by atoms with Gasteiger partial charge in [-0.2, -0.15) is 4.98 Å². The summed E-state index contributed by atoms with van der Waals surface area (Å²) in [6.45, 7) is 2.98. The van der Waals surface area contributed by atoms with Crippen LogP contribution in [0.25, 0.3) is 11.1 Å². The van der Waals surface area contributed by atoms with Gasteiger partial charge in [0.25, 0.3) is 6.01 Å². The van der Waals surface area contributed by atoms with E-state index >= 15 is 0 Å². The number of aromatic nitrogens is 1. The molecule has 3 N–H and O–H groups in total. The number of unbranched alkanes of at least 4 members (excludes halogenated alkanes) is 6. The van der Waals surface area contributed by atoms with E-state index in [0.29, 0.717) is 19.1 Å². The predicted molar refractivity (Wildman–Crippen MR) is 100 cm³/mol. The molecule has 138 valence electrons. The number of anilines is 1. The fraction of sp³-hybridized carbons (Fsp3) is 0.579. The molecule has 6 heteroatoms. The molecule has 0 saturated carbocycles. The van der Waals surface area contributed by atoms with E-state index in [1.54, 1.807) is 0 Å². The number of carbonyl (C=O) groups is 1. The molecule has 1 aromatic heterocycles. The van der Waals surface area contributed by atoms with Crippen LogP contribution in [0.3, 0.4) is 0 Å². The molecular formula is C19H29N3O3. The number of benzene rings is 1. The minimum Gasteiger partial charge on any atom is -0.465 e. The van der Waals surface area contributed by atoms with Crippen LogP contribution in [0.1, 0.15) is 57.4 Å². The van der Waals surface area contributed by atoms with Crippen LogP contribution in [0.5, 0.6) is 0 Å². The summed E-state index contributed by atoms with van der Waals surface area (Å²) in [7, 11) is 0. The lowest BCUT2D eigenvalue weighted by Gasteiger charge is -2.02. The molecule has 6 nitrogen and oxygen atoms in total. The first-order valence-corrected chi connectivity index (χ1v) is 9.29. The van der Waals surface area contributed by atoms with Gasteiger partial charge in [-0.05, 0) is 30.5 Å². The molecule has 0 spiro atoms. The quantitative estimate of drug-likeness (QED) is 0.480. The molecule has 0 aliphatic heterocycles. The third-order valence-corrected chi connectivity index (χ3v) is 4.20. The fourth-order valence-corrected chi connectivity index (χ4v) is 2.83. The molecule has 2 rings (SSSR count). The zero-order valence-corrected chi connectivity index (χ0v) is 15.0. The number of oxazole rings is 1. The van der Waals surface area contributed by atoms with E-state index in [9.17, 15) is 4.79 Å². The molecule has 0 radical (unpaired) electrons. The van der Waals surface area contributed by atoms with Crippen LogP contribution < -0.4 is 10.6 Å². The summed E-state index contributed by atoms with van der Waals surface area (Å²) in [5, 5.41) is 13.8. The first kappa shape index (κ1) is 19.1. The molecule has 1 aromatic carbocycles. The maximum absolute atomic E-state index is 10.4. The summed E-state index contributed by atoms with van der Waals surface area (Å²) in [6.07, 6.45) is 9.21. The van der Waals surface area contributed by atoms with Crippen molar-refractivity contribution in [3.05, 3.63) is 23.8 Å². The second kappa shape index (κ2) is 10.6. The summed E-state index contributed by atoms with van der Waals surface area (Å²) < 4.78 is 5.61. The average molecular weight is 347 g/mol. The van der Waals surface area contributed by atoms with E-state index in [0.717, 1.165) is 17.5 Å². The molecule has 0 aliphatic carbocycles. The lowest BCUT2D eigenvalue weighted by atomic mass is 10.0. The molecule has 0 saturated heterocycles. The standard InChI is InChI=1S/C19H29N3O3/c1-2-3-4-5-6-7-8-9-15-10-11-17-16(14-15)22-18(25-17)20-12-13-21-19(23)24/h10-11,14,21H,2-9,12-13H2,1H3,(H,20,22)(H,23,24). The average Bonchev–Trinajstić information content (AvgIpc) is 3.00. The molecule has 0 fully saturated rings. The Bertz CT molecular complexity index is 654. The minimum atomic E-state index is -1.03. The van der Waals surface area contributed by atoms with Crippen LogP contribution in [-0.2, 0) is 6.42 Å². The maximum atomic E-state index is 10.4. The van der Waals surface area contributed by atoms with Crippen molar-refractivity contribution < 1.29 is 14.3 Å². The summed E-state index contributed by atoms with van der Waals surface area (Å²) in [5.41, 5.74) is 2.87. The highest BCUT2D eigenvalue weighted by Crippen LogP contribution is 2.21. The molecule has 1 amide bonds. The smallest absolute Gasteiger partial charge is 0.404 e. The van der Waals surface area contributed by atoms with Crippen molar-refractivity contribution in [3.8, 4) is 0 Å². The number of carboxylic acid groups (broad SMARTS) is 1. The van der Waals surface area contributed by atoms with E-state index in [1.807, 2.05) is 6.07 Å². The van der Waals surface area contributed by atoms with Crippen molar-refractivity contribution in [2.75, 3.05) is 18.4 Å². The van der Waals surface area contributed by atoms with Crippen molar-refractivity contribution >= 4 is 23.2 Å². The first-order chi connectivity index (χ1) is 12.2. The van der Waals surface area contributed by atoms with Crippen molar-refractivity contribution in [1.82, 2.24) is 10.3 Å². The molecule has 0 bridgehead atoms. The van der Waals surface area contributed by atoms with Crippen LogP contribution in [0.2, 0.25) is 0 Å². The molecule has 0 atom stereocenters. The second-order valence-electron chi connectivity index (χ2n) is 6.35. The van der Waals surface area contributed by atoms with Crippen LogP contribution in [-0.4, -0.2) is 29.3 Å². The highest BCUT2D eigenvalue weighted by Gasteiger charge is 2.06. The summed E-state index contributed by atoms with van der Waals surface area (Å²) in [4.78, 5) is 14.8. The Morgan fingerprint density at radius 2 is 1.88 bits per heavy atom. The predicted octanol–water partition coefficient (Wildman–Crippen LogP) is 4.80. The van der Waals surface area contributed by atoms with Crippen LogP contribution in [0.15, 0.2) is 22.6 Å². The summed E-state index contributed by atoms with van der Waals surface area (Å²) in [6, 6.07) is 6.56. The highest BCUT2D eigenvalue weighted by atomic mass is 16.4. The molecule has 0 aliphatic rings. The number of fused-ring (bicyclic) bond motifs is 1. The topological polar surface area (TPSA) is 87.4 Å². The minimum absolute atomic E-state index is 0.303. The lowest BCUT2D eigenvalue weighted by Crippen LogP contribution is -2.26. The van der Waals surface area contributed by atoms with Gasteiger partial charge in [0.15, 0.2) is 5.58 Å². The first-order valence-electron chi connectivity index (χ1n) is 9.29. The number of aryl methyl sites for hydroxylation is 1. The Hall–Kier alpha value is -2.24. The number of hydrogen-bond acceptors (Lipinski definition) is 4. The monoisotopic (exact) mass is 347 g/mol. The molecule has 0 unspecified atom stereocenters. The number of nitrogens with zero attached hydrogens (tertiary/aromatic N) is 1. The Morgan fingerprint density at radius 3 is 2.64 bits per heavy atom. The van der Waals surface area contributed by atoms with E-state index in [4.69, 9.17) is 9.52 Å². The van der Waals surface area contributed by atoms with E-state index in [2.05, 4.69) is 34.7 Å². The maximum Gasteiger partial charge on any atom is 0.404 e. The highest BCUT2D eigenvalue weighted by molar-refractivity contribution is 5.75. The van der Waals surface area contributed by atoms with Gasteiger partial charge in [0.05, 0.1) is 0 Å². The van der Waals surface area contributed by atoms with Crippen molar-refractivity contribution in [2.45, 2.75) is 58.3 Å². The second-order valence-corrected chi connectivity index (χ2v) is 6.35. The molecular weight excluding hydrogens is 318 g/mol. The van der Waals surface area contributed by atoms with Gasteiger partial charge in [-0.25, -0.2) is 4.79 Å². The van der Waals surface area contributed by atoms with Gasteiger partial charge < -0.3 is 20.2 Å². The van der Waals surface area contributed by atoms with E-state index in [1.165, 1.54) is 50.5 Å². The number of rotatable bonds is 12. The molecule has 25 heavy (non-hydrogen) atoms. The lowest BCUT2D eigenvalue weighted by molar-refractivity contribution is 0.195. The van der Waals surface area contributed by atoms with Gasteiger partial charge in [-0.15, -0.1) is 0 Å².